The van der Waals surface area contributed by atoms with Crippen molar-refractivity contribution in [1.82, 2.24) is 15.2 Å². The summed E-state index contributed by atoms with van der Waals surface area (Å²) < 4.78 is 2.15. The van der Waals surface area contributed by atoms with Gasteiger partial charge < -0.3 is 9.88 Å². The predicted octanol–water partition coefficient (Wildman–Crippen LogP) is 4.36. The Morgan fingerprint density at radius 1 is 0.824 bits per heavy atom. The van der Waals surface area contributed by atoms with Crippen LogP contribution in [0.4, 0.5) is 0 Å². The topological polar surface area (TPSA) is 63.1 Å². The summed E-state index contributed by atoms with van der Waals surface area (Å²) in [6, 6.07) is 21.8. The molecule has 0 aliphatic carbocycles. The zero-order chi connectivity index (χ0) is 23.5. The van der Waals surface area contributed by atoms with Crippen LogP contribution in [0.3, 0.4) is 0 Å². The molecule has 1 aliphatic heterocycles. The highest BCUT2D eigenvalue weighted by Gasteiger charge is 2.34. The zero-order valence-electron chi connectivity index (χ0n) is 19.0. The van der Waals surface area contributed by atoms with Gasteiger partial charge in [0.1, 0.15) is 0 Å². The number of amides is 2. The number of hydrogen-bond acceptors (Lipinski definition) is 3. The molecule has 2 amide bonds. The minimum absolute atomic E-state index is 0.355. The third-order valence-corrected chi connectivity index (χ3v) is 6.18. The third kappa shape index (κ3) is 3.89. The van der Waals surface area contributed by atoms with Crippen LogP contribution < -0.4 is 10.6 Å². The molecule has 3 aromatic carbocycles. The molecule has 2 N–H and O–H groups in total. The standard InChI is InChI=1S/C29H25N3O2/c1-2-3-8-16-30-17-18-32-19-24(22-13-6-7-15-25(22)32)27-26(28(33)31-29(27)34)23-14-9-11-20-10-4-5-12-21(20)23/h4-7,9-15,19,30H,8,16-18H2,1H3,(H,31,33,34). The highest BCUT2D eigenvalue weighted by atomic mass is 16.2. The molecular weight excluding hydrogens is 422 g/mol. The van der Waals surface area contributed by atoms with Crippen molar-refractivity contribution in [2.45, 2.75) is 19.9 Å². The first-order valence-electron chi connectivity index (χ1n) is 11.5. The van der Waals surface area contributed by atoms with E-state index in [2.05, 4.69) is 27.0 Å². The van der Waals surface area contributed by atoms with Gasteiger partial charge in [0.2, 0.25) is 0 Å². The Morgan fingerprint density at radius 3 is 2.35 bits per heavy atom. The molecule has 168 valence electrons. The zero-order valence-corrected chi connectivity index (χ0v) is 19.0. The van der Waals surface area contributed by atoms with Crippen LogP contribution in [0.2, 0.25) is 0 Å². The van der Waals surface area contributed by atoms with E-state index in [0.29, 0.717) is 11.1 Å². The summed E-state index contributed by atoms with van der Waals surface area (Å²) in [7, 11) is 0. The van der Waals surface area contributed by atoms with Crippen LogP contribution in [-0.4, -0.2) is 29.5 Å². The number of carbonyl (C=O) groups excluding carboxylic acids is 2. The summed E-state index contributed by atoms with van der Waals surface area (Å²) >= 11 is 0. The van der Waals surface area contributed by atoms with Gasteiger partial charge in [0.05, 0.1) is 11.1 Å². The molecule has 0 fully saturated rings. The molecule has 0 spiro atoms. The minimum Gasteiger partial charge on any atom is -0.346 e. The molecule has 0 saturated carbocycles. The van der Waals surface area contributed by atoms with E-state index >= 15 is 0 Å². The average molecular weight is 448 g/mol. The molecule has 5 rings (SSSR count). The van der Waals surface area contributed by atoms with E-state index in [9.17, 15) is 9.59 Å². The molecule has 1 aliphatic rings. The van der Waals surface area contributed by atoms with Gasteiger partial charge in [-0.05, 0) is 29.3 Å². The van der Waals surface area contributed by atoms with Crippen molar-refractivity contribution in [2.75, 3.05) is 13.1 Å². The fraction of sp³-hybridized carbons (Fsp3) is 0.172. The van der Waals surface area contributed by atoms with Crippen LogP contribution in [0.15, 0.2) is 72.9 Å². The smallest absolute Gasteiger partial charge is 0.259 e. The van der Waals surface area contributed by atoms with Crippen LogP contribution in [0, 0.1) is 11.8 Å². The van der Waals surface area contributed by atoms with E-state index in [1.807, 2.05) is 79.9 Å². The van der Waals surface area contributed by atoms with E-state index < -0.39 is 0 Å². The number of fused-ring (bicyclic) bond motifs is 2. The first kappa shape index (κ1) is 21.7. The number of nitrogens with one attached hydrogen (secondary N) is 2. The average Bonchev–Trinajstić information content (AvgIpc) is 3.36. The van der Waals surface area contributed by atoms with E-state index in [4.69, 9.17) is 0 Å². The fourth-order valence-electron chi connectivity index (χ4n) is 4.64. The SMILES string of the molecule is CC#CCCNCCn1cc(C2=C(c3cccc4ccccc34)C(=O)NC2=O)c2ccccc21. The van der Waals surface area contributed by atoms with Crippen molar-refractivity contribution in [3.05, 3.63) is 84.1 Å². The Kier molecular flexibility index (Phi) is 5.99. The number of para-hydroxylation sites is 1. The molecule has 0 unspecified atom stereocenters. The van der Waals surface area contributed by atoms with Gasteiger partial charge in [0.15, 0.2) is 0 Å². The summed E-state index contributed by atoms with van der Waals surface area (Å²) in [6.45, 7) is 4.20. The Bertz CT molecular complexity index is 1510. The number of hydrogen-bond donors (Lipinski definition) is 2. The summed E-state index contributed by atoms with van der Waals surface area (Å²) in [6.07, 6.45) is 2.81. The minimum atomic E-state index is -0.355. The number of rotatable bonds is 7. The number of imide groups is 1. The largest absolute Gasteiger partial charge is 0.346 e. The van der Waals surface area contributed by atoms with Crippen molar-refractivity contribution < 1.29 is 9.59 Å². The van der Waals surface area contributed by atoms with Crippen molar-refractivity contribution in [3.8, 4) is 11.8 Å². The molecule has 4 aromatic rings. The lowest BCUT2D eigenvalue weighted by Crippen LogP contribution is -2.22. The van der Waals surface area contributed by atoms with Crippen molar-refractivity contribution >= 4 is 44.6 Å². The quantitative estimate of drug-likeness (QED) is 0.251. The second-order valence-electron chi connectivity index (χ2n) is 8.24. The van der Waals surface area contributed by atoms with Crippen molar-refractivity contribution in [3.63, 3.8) is 0 Å². The third-order valence-electron chi connectivity index (χ3n) is 6.18. The van der Waals surface area contributed by atoms with Crippen molar-refractivity contribution in [1.29, 1.82) is 0 Å². The highest BCUT2D eigenvalue weighted by molar-refractivity contribution is 6.50. The molecule has 2 heterocycles. The van der Waals surface area contributed by atoms with Gasteiger partial charge in [-0.15, -0.1) is 11.8 Å². The first-order chi connectivity index (χ1) is 16.7. The van der Waals surface area contributed by atoms with Crippen LogP contribution in [0.5, 0.6) is 0 Å². The maximum absolute atomic E-state index is 13.1. The molecule has 0 bridgehead atoms. The second kappa shape index (κ2) is 9.38. The molecule has 0 atom stereocenters. The Morgan fingerprint density at radius 2 is 1.53 bits per heavy atom. The van der Waals surface area contributed by atoms with Gasteiger partial charge in [-0.2, -0.15) is 0 Å². The van der Waals surface area contributed by atoms with Gasteiger partial charge in [-0.25, -0.2) is 0 Å². The highest BCUT2D eigenvalue weighted by Crippen LogP contribution is 2.38. The second-order valence-corrected chi connectivity index (χ2v) is 8.24. The predicted molar refractivity (Wildman–Crippen MR) is 137 cm³/mol. The summed E-state index contributed by atoms with van der Waals surface area (Å²) in [5, 5.41) is 8.89. The summed E-state index contributed by atoms with van der Waals surface area (Å²) in [5.41, 5.74) is 3.44. The molecule has 5 nitrogen and oxygen atoms in total. The van der Waals surface area contributed by atoms with Gasteiger partial charge in [-0.1, -0.05) is 60.7 Å². The lowest BCUT2D eigenvalue weighted by molar-refractivity contribution is -0.122. The van der Waals surface area contributed by atoms with Crippen LogP contribution >= 0.6 is 0 Å². The maximum atomic E-state index is 13.1. The van der Waals surface area contributed by atoms with Gasteiger partial charge in [0, 0.05) is 48.7 Å². The van der Waals surface area contributed by atoms with Crippen LogP contribution in [0.1, 0.15) is 24.5 Å². The number of benzene rings is 3. The Labute approximate surface area is 198 Å². The van der Waals surface area contributed by atoms with Gasteiger partial charge in [0.25, 0.3) is 11.8 Å². The monoisotopic (exact) mass is 447 g/mol. The molecule has 0 radical (unpaired) electrons. The first-order valence-corrected chi connectivity index (χ1v) is 11.5. The maximum Gasteiger partial charge on any atom is 0.259 e. The summed E-state index contributed by atoms with van der Waals surface area (Å²) in [4.78, 5) is 26.1. The van der Waals surface area contributed by atoms with Gasteiger partial charge >= 0.3 is 0 Å². The molecular formula is C29H25N3O2. The Balaban J connectivity index is 1.61. The van der Waals surface area contributed by atoms with Gasteiger partial charge in [-0.3, -0.25) is 14.9 Å². The number of nitrogens with zero attached hydrogens (tertiary/aromatic N) is 1. The van der Waals surface area contributed by atoms with E-state index in [1.54, 1.807) is 0 Å². The number of aromatic nitrogens is 1. The van der Waals surface area contributed by atoms with E-state index in [1.165, 1.54) is 0 Å². The molecule has 1 aromatic heterocycles. The van der Waals surface area contributed by atoms with Crippen LogP contribution in [-0.2, 0) is 16.1 Å². The van der Waals surface area contributed by atoms with Crippen molar-refractivity contribution in [2.24, 2.45) is 0 Å². The normalized spacial score (nSPS) is 13.4. The Hall–Kier alpha value is -4.14. The fourth-order valence-corrected chi connectivity index (χ4v) is 4.64. The van der Waals surface area contributed by atoms with Crippen LogP contribution in [0.25, 0.3) is 32.8 Å². The summed E-state index contributed by atoms with van der Waals surface area (Å²) in [5.74, 6) is 5.25. The molecule has 5 heteroatoms. The lowest BCUT2D eigenvalue weighted by atomic mass is 9.92. The van der Waals surface area contributed by atoms with E-state index in [-0.39, 0.29) is 11.8 Å². The van der Waals surface area contributed by atoms with E-state index in [0.717, 1.165) is 58.9 Å². The molecule has 0 saturated heterocycles. The number of carbonyl (C=O) groups is 2. The molecule has 34 heavy (non-hydrogen) atoms. The lowest BCUT2D eigenvalue weighted by Gasteiger charge is -2.08.